The van der Waals surface area contributed by atoms with Crippen LogP contribution in [0, 0.1) is 3.57 Å². The number of methoxy groups -OCH3 is 1. The van der Waals surface area contributed by atoms with Crippen molar-refractivity contribution in [3.63, 3.8) is 0 Å². The highest BCUT2D eigenvalue weighted by molar-refractivity contribution is 14.1. The van der Waals surface area contributed by atoms with Crippen molar-refractivity contribution < 1.29 is 4.74 Å². The van der Waals surface area contributed by atoms with Crippen LogP contribution in [0.5, 0.6) is 5.75 Å². The SMILES string of the molecule is COc1cccc(Cl)c1Cn1ncc(I)c1N. The first kappa shape index (κ1) is 12.5. The number of ether oxygens (including phenoxy) is 1. The Hall–Kier alpha value is -0.950. The number of nitrogen functional groups attached to an aromatic ring is 1. The number of hydrogen-bond donors (Lipinski definition) is 1. The van der Waals surface area contributed by atoms with E-state index in [0.717, 1.165) is 14.9 Å². The van der Waals surface area contributed by atoms with Gasteiger partial charge in [-0.25, -0.2) is 4.68 Å². The molecule has 6 heteroatoms. The van der Waals surface area contributed by atoms with E-state index in [1.54, 1.807) is 18.0 Å². The van der Waals surface area contributed by atoms with E-state index in [1.165, 1.54) is 0 Å². The molecule has 0 aliphatic heterocycles. The van der Waals surface area contributed by atoms with Crippen molar-refractivity contribution in [3.05, 3.63) is 38.6 Å². The normalized spacial score (nSPS) is 10.5. The smallest absolute Gasteiger partial charge is 0.135 e. The maximum Gasteiger partial charge on any atom is 0.135 e. The molecule has 0 bridgehead atoms. The number of halogens is 2. The molecule has 0 atom stereocenters. The molecule has 17 heavy (non-hydrogen) atoms. The van der Waals surface area contributed by atoms with Crippen molar-refractivity contribution in [2.45, 2.75) is 6.54 Å². The van der Waals surface area contributed by atoms with Crippen LogP contribution in [0.1, 0.15) is 5.56 Å². The summed E-state index contributed by atoms with van der Waals surface area (Å²) in [5, 5.41) is 4.84. The Kier molecular flexibility index (Phi) is 3.78. The van der Waals surface area contributed by atoms with E-state index < -0.39 is 0 Å². The molecule has 0 fully saturated rings. The molecule has 0 saturated carbocycles. The Bertz CT molecular complexity index is 542. The van der Waals surface area contributed by atoms with Crippen molar-refractivity contribution in [1.29, 1.82) is 0 Å². The molecule has 0 aliphatic carbocycles. The molecule has 2 N–H and O–H groups in total. The molecule has 0 amide bonds. The summed E-state index contributed by atoms with van der Waals surface area (Å²) >= 11 is 8.30. The Morgan fingerprint density at radius 3 is 2.88 bits per heavy atom. The molecular weight excluding hydrogens is 352 g/mol. The number of nitrogens with two attached hydrogens (primary N) is 1. The number of anilines is 1. The number of benzene rings is 1. The lowest BCUT2D eigenvalue weighted by Gasteiger charge is -2.11. The lowest BCUT2D eigenvalue weighted by molar-refractivity contribution is 0.407. The van der Waals surface area contributed by atoms with E-state index in [9.17, 15) is 0 Å². The third-order valence-electron chi connectivity index (χ3n) is 2.44. The molecule has 2 aromatic rings. The predicted octanol–water partition coefficient (Wildman–Crippen LogP) is 2.78. The minimum absolute atomic E-state index is 0.498. The quantitative estimate of drug-likeness (QED) is 0.853. The van der Waals surface area contributed by atoms with Crippen LogP contribution in [-0.2, 0) is 6.54 Å². The van der Waals surface area contributed by atoms with Gasteiger partial charge in [-0.1, -0.05) is 17.7 Å². The topological polar surface area (TPSA) is 53.1 Å². The zero-order valence-corrected chi connectivity index (χ0v) is 12.1. The largest absolute Gasteiger partial charge is 0.496 e. The minimum atomic E-state index is 0.498. The highest BCUT2D eigenvalue weighted by Crippen LogP contribution is 2.28. The van der Waals surface area contributed by atoms with Gasteiger partial charge in [0.05, 0.1) is 23.4 Å². The molecule has 1 aromatic carbocycles. The van der Waals surface area contributed by atoms with Gasteiger partial charge in [0.15, 0.2) is 0 Å². The van der Waals surface area contributed by atoms with Crippen molar-refractivity contribution in [3.8, 4) is 5.75 Å². The zero-order valence-electron chi connectivity index (χ0n) is 9.15. The standard InChI is InChI=1S/C11H11ClIN3O/c1-17-10-4-2-3-8(12)7(10)6-16-11(14)9(13)5-15-16/h2-5H,6,14H2,1H3. The summed E-state index contributed by atoms with van der Waals surface area (Å²) in [5.74, 6) is 1.37. The Balaban J connectivity index is 2.39. The second kappa shape index (κ2) is 5.14. The summed E-state index contributed by atoms with van der Waals surface area (Å²) in [6, 6.07) is 5.54. The Labute approximate surface area is 118 Å². The number of hydrogen-bond acceptors (Lipinski definition) is 3. The highest BCUT2D eigenvalue weighted by Gasteiger charge is 2.11. The van der Waals surface area contributed by atoms with E-state index >= 15 is 0 Å². The fourth-order valence-corrected chi connectivity index (χ4v) is 2.16. The van der Waals surface area contributed by atoms with Crippen LogP contribution in [0.2, 0.25) is 5.02 Å². The Morgan fingerprint density at radius 1 is 1.53 bits per heavy atom. The van der Waals surface area contributed by atoms with Gasteiger partial charge in [0.1, 0.15) is 11.6 Å². The molecule has 2 rings (SSSR count). The van der Waals surface area contributed by atoms with E-state index in [2.05, 4.69) is 27.7 Å². The van der Waals surface area contributed by atoms with Gasteiger partial charge in [0.2, 0.25) is 0 Å². The first-order valence-corrected chi connectivity index (χ1v) is 6.37. The molecule has 90 valence electrons. The van der Waals surface area contributed by atoms with Crippen LogP contribution in [0.15, 0.2) is 24.4 Å². The number of rotatable bonds is 3. The van der Waals surface area contributed by atoms with Gasteiger partial charge in [-0.2, -0.15) is 5.10 Å². The number of aromatic nitrogens is 2. The fraction of sp³-hybridized carbons (Fsp3) is 0.182. The van der Waals surface area contributed by atoms with E-state index in [4.69, 9.17) is 22.1 Å². The lowest BCUT2D eigenvalue weighted by Crippen LogP contribution is -2.07. The molecule has 0 aliphatic rings. The van der Waals surface area contributed by atoms with Gasteiger partial charge in [-0.05, 0) is 34.7 Å². The van der Waals surface area contributed by atoms with Crippen LogP contribution in [-0.4, -0.2) is 16.9 Å². The molecule has 0 unspecified atom stereocenters. The molecule has 1 aromatic heterocycles. The molecule has 0 radical (unpaired) electrons. The summed E-state index contributed by atoms with van der Waals surface area (Å²) < 4.78 is 7.90. The molecule has 1 heterocycles. The van der Waals surface area contributed by atoms with Crippen molar-refractivity contribution in [1.82, 2.24) is 9.78 Å². The van der Waals surface area contributed by atoms with E-state index in [0.29, 0.717) is 17.4 Å². The second-order valence-electron chi connectivity index (χ2n) is 3.46. The zero-order chi connectivity index (χ0) is 12.4. The molecule has 0 saturated heterocycles. The summed E-state index contributed by atoms with van der Waals surface area (Å²) in [5.41, 5.74) is 6.78. The van der Waals surface area contributed by atoms with Crippen LogP contribution in [0.4, 0.5) is 5.82 Å². The van der Waals surface area contributed by atoms with Crippen LogP contribution in [0.25, 0.3) is 0 Å². The Morgan fingerprint density at radius 2 is 2.29 bits per heavy atom. The number of nitrogens with zero attached hydrogens (tertiary/aromatic N) is 2. The maximum atomic E-state index is 6.15. The van der Waals surface area contributed by atoms with Crippen LogP contribution < -0.4 is 10.5 Å². The lowest BCUT2D eigenvalue weighted by atomic mass is 10.2. The second-order valence-corrected chi connectivity index (χ2v) is 5.03. The van der Waals surface area contributed by atoms with Crippen LogP contribution >= 0.6 is 34.2 Å². The van der Waals surface area contributed by atoms with Gasteiger partial charge >= 0.3 is 0 Å². The van der Waals surface area contributed by atoms with Crippen molar-refractivity contribution in [2.24, 2.45) is 0 Å². The summed E-state index contributed by atoms with van der Waals surface area (Å²) in [4.78, 5) is 0. The van der Waals surface area contributed by atoms with Gasteiger partial charge in [0.25, 0.3) is 0 Å². The average molecular weight is 364 g/mol. The molecule has 0 spiro atoms. The van der Waals surface area contributed by atoms with Crippen LogP contribution in [0.3, 0.4) is 0 Å². The first-order chi connectivity index (χ1) is 8.13. The van der Waals surface area contributed by atoms with Gasteiger partial charge in [-0.15, -0.1) is 0 Å². The van der Waals surface area contributed by atoms with Gasteiger partial charge < -0.3 is 10.5 Å². The van der Waals surface area contributed by atoms with Crippen molar-refractivity contribution in [2.75, 3.05) is 12.8 Å². The molecule has 4 nitrogen and oxygen atoms in total. The fourth-order valence-electron chi connectivity index (χ4n) is 1.53. The third kappa shape index (κ3) is 2.50. The summed E-state index contributed by atoms with van der Waals surface area (Å²) in [7, 11) is 1.62. The highest BCUT2D eigenvalue weighted by atomic mass is 127. The third-order valence-corrected chi connectivity index (χ3v) is 3.62. The maximum absolute atomic E-state index is 6.15. The summed E-state index contributed by atoms with van der Waals surface area (Å²) in [6.07, 6.45) is 1.72. The predicted molar refractivity (Wildman–Crippen MR) is 76.5 cm³/mol. The van der Waals surface area contributed by atoms with Crippen molar-refractivity contribution >= 4 is 40.0 Å². The first-order valence-electron chi connectivity index (χ1n) is 4.91. The average Bonchev–Trinajstić information content (AvgIpc) is 2.63. The summed E-state index contributed by atoms with van der Waals surface area (Å²) in [6.45, 7) is 0.498. The minimum Gasteiger partial charge on any atom is -0.496 e. The van der Waals surface area contributed by atoms with E-state index in [1.807, 2.05) is 18.2 Å². The van der Waals surface area contributed by atoms with E-state index in [-0.39, 0.29) is 0 Å². The molecular formula is C11H11ClIN3O. The van der Waals surface area contributed by atoms with Gasteiger partial charge in [0, 0.05) is 10.6 Å². The van der Waals surface area contributed by atoms with Gasteiger partial charge in [-0.3, -0.25) is 0 Å². The monoisotopic (exact) mass is 363 g/mol.